The first-order chi connectivity index (χ1) is 14.6. The van der Waals surface area contributed by atoms with Crippen LogP contribution in [0.4, 0.5) is 0 Å². The first-order valence-electron chi connectivity index (χ1n) is 10.6. The Morgan fingerprint density at radius 1 is 0.933 bits per heavy atom. The molecular weight excluding hydrogens is 502 g/mol. The number of aromatic amines is 1. The molecule has 1 aromatic heterocycles. The molecule has 0 aliphatic carbocycles. The fraction of sp³-hybridized carbons (Fsp3) is 0.320. The summed E-state index contributed by atoms with van der Waals surface area (Å²) in [5, 5.41) is 2.72. The van der Waals surface area contributed by atoms with Crippen LogP contribution in [0.25, 0.3) is 21.8 Å². The van der Waals surface area contributed by atoms with Crippen molar-refractivity contribution in [3.8, 4) is 0 Å². The van der Waals surface area contributed by atoms with Gasteiger partial charge in [0.25, 0.3) is 0 Å². The summed E-state index contributed by atoms with van der Waals surface area (Å²) >= 11 is 7.03. The van der Waals surface area contributed by atoms with E-state index >= 15 is 0 Å². The van der Waals surface area contributed by atoms with Crippen molar-refractivity contribution in [2.45, 2.75) is 29.9 Å². The molecule has 0 spiro atoms. The predicted molar refractivity (Wildman–Crippen MR) is 135 cm³/mol. The zero-order valence-electron chi connectivity index (χ0n) is 17.2. The zero-order valence-corrected chi connectivity index (χ0v) is 20.4. The molecule has 0 fully saturated rings. The van der Waals surface area contributed by atoms with Crippen LogP contribution in [0.3, 0.4) is 0 Å². The molecule has 3 nitrogen and oxygen atoms in total. The lowest BCUT2D eigenvalue weighted by Gasteiger charge is -2.22. The normalized spacial score (nSPS) is 11.9. The number of alkyl halides is 2. The average molecular weight is 529 g/mol. The molecule has 0 bridgehead atoms. The molecule has 0 radical (unpaired) electrons. The Hall–Kier alpha value is -1.69. The lowest BCUT2D eigenvalue weighted by Crippen LogP contribution is -2.29. The number of imidazole rings is 1. The third kappa shape index (κ3) is 5.13. The van der Waals surface area contributed by atoms with Crippen LogP contribution in [0, 0.1) is 0 Å². The molecule has 3 aromatic carbocycles. The Morgan fingerprint density at radius 3 is 2.57 bits per heavy atom. The SMILES string of the molecule is CCCN(CCc1ccc2nc(C(Br)Br)[nH]c2c1)CCc1cccc2ccccc12. The highest BCUT2D eigenvalue weighted by molar-refractivity contribution is 9.24. The summed E-state index contributed by atoms with van der Waals surface area (Å²) < 4.78 is 0.0509. The van der Waals surface area contributed by atoms with Crippen LogP contribution < -0.4 is 0 Å². The van der Waals surface area contributed by atoms with Gasteiger partial charge in [-0.2, -0.15) is 0 Å². The van der Waals surface area contributed by atoms with Crippen molar-refractivity contribution in [2.24, 2.45) is 0 Å². The molecule has 5 heteroatoms. The van der Waals surface area contributed by atoms with Gasteiger partial charge < -0.3 is 9.88 Å². The predicted octanol–water partition coefficient (Wildman–Crippen LogP) is 7.00. The molecule has 4 rings (SSSR count). The monoisotopic (exact) mass is 527 g/mol. The van der Waals surface area contributed by atoms with Crippen molar-refractivity contribution in [3.63, 3.8) is 0 Å². The fourth-order valence-corrected chi connectivity index (χ4v) is 4.50. The smallest absolute Gasteiger partial charge is 0.131 e. The Morgan fingerprint density at radius 2 is 1.73 bits per heavy atom. The number of H-pyrrole nitrogens is 1. The standard InChI is InChI=1S/C25H27Br2N3/c1-2-14-30(16-13-20-8-5-7-19-6-3-4-9-21(19)20)15-12-18-10-11-22-23(17-18)29-25(28-22)24(26)27/h3-11,17,24H,2,12-16H2,1H3,(H,28,29). The summed E-state index contributed by atoms with van der Waals surface area (Å²) in [6.45, 7) is 5.56. The number of hydrogen-bond acceptors (Lipinski definition) is 2. The summed E-state index contributed by atoms with van der Waals surface area (Å²) in [4.78, 5) is 10.6. The summed E-state index contributed by atoms with van der Waals surface area (Å²) in [6.07, 6.45) is 3.31. The van der Waals surface area contributed by atoms with E-state index in [1.54, 1.807) is 0 Å². The maximum Gasteiger partial charge on any atom is 0.131 e. The van der Waals surface area contributed by atoms with Crippen molar-refractivity contribution >= 4 is 53.7 Å². The van der Waals surface area contributed by atoms with E-state index in [1.807, 2.05) is 0 Å². The van der Waals surface area contributed by atoms with Gasteiger partial charge in [0.2, 0.25) is 0 Å². The van der Waals surface area contributed by atoms with E-state index in [2.05, 4.69) is 114 Å². The summed E-state index contributed by atoms with van der Waals surface area (Å²) in [6, 6.07) is 21.9. The number of hydrogen-bond donors (Lipinski definition) is 1. The zero-order chi connectivity index (χ0) is 20.9. The van der Waals surface area contributed by atoms with Crippen LogP contribution in [-0.4, -0.2) is 34.5 Å². The molecular formula is C25H27Br2N3. The largest absolute Gasteiger partial charge is 0.340 e. The van der Waals surface area contributed by atoms with E-state index in [0.717, 1.165) is 49.3 Å². The van der Waals surface area contributed by atoms with Crippen molar-refractivity contribution in [3.05, 3.63) is 77.6 Å². The van der Waals surface area contributed by atoms with Gasteiger partial charge in [0, 0.05) is 13.1 Å². The second kappa shape index (κ2) is 10.1. The van der Waals surface area contributed by atoms with Crippen LogP contribution in [0.2, 0.25) is 0 Å². The lowest BCUT2D eigenvalue weighted by molar-refractivity contribution is 0.281. The van der Waals surface area contributed by atoms with Crippen LogP contribution in [0.5, 0.6) is 0 Å². The molecule has 1 heterocycles. The van der Waals surface area contributed by atoms with Gasteiger partial charge in [0.1, 0.15) is 9.56 Å². The Bertz CT molecular complexity index is 1110. The minimum absolute atomic E-state index is 0.0509. The quantitative estimate of drug-likeness (QED) is 0.237. The highest BCUT2D eigenvalue weighted by atomic mass is 79.9. The number of nitrogens with zero attached hydrogens (tertiary/aromatic N) is 2. The first kappa shape index (κ1) is 21.5. The van der Waals surface area contributed by atoms with Crippen LogP contribution in [-0.2, 0) is 12.8 Å². The molecule has 30 heavy (non-hydrogen) atoms. The summed E-state index contributed by atoms with van der Waals surface area (Å²) in [5.41, 5.74) is 4.91. The van der Waals surface area contributed by atoms with E-state index in [4.69, 9.17) is 0 Å². The molecule has 0 saturated heterocycles. The van der Waals surface area contributed by atoms with Crippen molar-refractivity contribution in [1.82, 2.24) is 14.9 Å². The fourth-order valence-electron chi connectivity index (χ4n) is 4.06. The van der Waals surface area contributed by atoms with Crippen LogP contribution in [0.15, 0.2) is 60.7 Å². The second-order valence-corrected chi connectivity index (χ2v) is 10.8. The molecule has 0 aliphatic rings. The van der Waals surface area contributed by atoms with Gasteiger partial charge in [-0.1, -0.05) is 87.3 Å². The minimum atomic E-state index is 0.0509. The van der Waals surface area contributed by atoms with E-state index in [0.29, 0.717) is 0 Å². The average Bonchev–Trinajstić information content (AvgIpc) is 3.19. The highest BCUT2D eigenvalue weighted by Crippen LogP contribution is 2.28. The lowest BCUT2D eigenvalue weighted by atomic mass is 10.0. The van der Waals surface area contributed by atoms with Gasteiger partial charge in [-0.15, -0.1) is 0 Å². The van der Waals surface area contributed by atoms with E-state index < -0.39 is 0 Å². The maximum atomic E-state index is 4.61. The number of fused-ring (bicyclic) bond motifs is 2. The number of nitrogens with one attached hydrogen (secondary N) is 1. The molecule has 156 valence electrons. The van der Waals surface area contributed by atoms with E-state index in [9.17, 15) is 0 Å². The van der Waals surface area contributed by atoms with Crippen molar-refractivity contribution in [1.29, 1.82) is 0 Å². The van der Waals surface area contributed by atoms with Gasteiger partial charge in [-0.05, 0) is 59.8 Å². The molecule has 1 N–H and O–H groups in total. The van der Waals surface area contributed by atoms with E-state index in [-0.39, 0.29) is 3.74 Å². The number of aromatic nitrogens is 2. The second-order valence-electron chi connectivity index (χ2n) is 7.75. The molecule has 4 aromatic rings. The third-order valence-electron chi connectivity index (χ3n) is 5.61. The van der Waals surface area contributed by atoms with Crippen LogP contribution >= 0.6 is 31.9 Å². The summed E-state index contributed by atoms with van der Waals surface area (Å²) in [5.74, 6) is 0.907. The first-order valence-corrected chi connectivity index (χ1v) is 12.4. The highest BCUT2D eigenvalue weighted by Gasteiger charge is 2.11. The molecule has 0 atom stereocenters. The Kier molecular flexibility index (Phi) is 7.24. The Balaban J connectivity index is 1.41. The molecule has 0 amide bonds. The number of rotatable bonds is 9. The van der Waals surface area contributed by atoms with Crippen LogP contribution in [0.1, 0.15) is 34.0 Å². The van der Waals surface area contributed by atoms with E-state index in [1.165, 1.54) is 28.3 Å². The number of halogens is 2. The van der Waals surface area contributed by atoms with Crippen molar-refractivity contribution in [2.75, 3.05) is 19.6 Å². The topological polar surface area (TPSA) is 31.9 Å². The van der Waals surface area contributed by atoms with Gasteiger partial charge in [0.05, 0.1) is 11.0 Å². The van der Waals surface area contributed by atoms with Gasteiger partial charge in [-0.3, -0.25) is 0 Å². The number of benzene rings is 3. The summed E-state index contributed by atoms with van der Waals surface area (Å²) in [7, 11) is 0. The Labute approximate surface area is 195 Å². The third-order valence-corrected chi connectivity index (χ3v) is 6.47. The van der Waals surface area contributed by atoms with Gasteiger partial charge in [0.15, 0.2) is 0 Å². The molecule has 0 aliphatic heterocycles. The van der Waals surface area contributed by atoms with Gasteiger partial charge >= 0.3 is 0 Å². The minimum Gasteiger partial charge on any atom is -0.340 e. The molecule has 0 saturated carbocycles. The van der Waals surface area contributed by atoms with Crippen molar-refractivity contribution < 1.29 is 0 Å². The molecule has 0 unspecified atom stereocenters. The maximum absolute atomic E-state index is 4.61. The van der Waals surface area contributed by atoms with Gasteiger partial charge in [-0.25, -0.2) is 4.98 Å².